The molecule has 0 radical (unpaired) electrons. The van der Waals surface area contributed by atoms with Gasteiger partial charge in [-0.05, 0) is 47.6 Å². The molecule has 0 bridgehead atoms. The van der Waals surface area contributed by atoms with Gasteiger partial charge in [-0.1, -0.05) is 50.2 Å². The highest BCUT2D eigenvalue weighted by atomic mass is 16.3. The molecule has 1 atom stereocenters. The van der Waals surface area contributed by atoms with Crippen LogP contribution < -0.4 is 0 Å². The number of carbonyl (C=O) groups excluding carboxylic acids is 1. The maximum Gasteiger partial charge on any atom is 0.227 e. The second kappa shape index (κ2) is 7.73. The molecule has 3 rings (SSSR count). The van der Waals surface area contributed by atoms with E-state index in [0.717, 1.165) is 37.1 Å². The molecule has 0 aliphatic carbocycles. The Labute approximate surface area is 150 Å². The molecule has 1 amide bonds. The van der Waals surface area contributed by atoms with Crippen molar-refractivity contribution in [1.82, 2.24) is 4.90 Å². The number of likely N-dealkylation sites (tertiary alicyclic amines) is 1. The molecule has 0 spiro atoms. The van der Waals surface area contributed by atoms with Crippen LogP contribution in [0.2, 0.25) is 0 Å². The predicted octanol–water partition coefficient (Wildman–Crippen LogP) is 4.46. The number of benzene rings is 2. The van der Waals surface area contributed by atoms with Gasteiger partial charge in [-0.25, -0.2) is 0 Å². The highest BCUT2D eigenvalue weighted by molar-refractivity contribution is 5.79. The van der Waals surface area contributed by atoms with E-state index in [4.69, 9.17) is 0 Å². The first kappa shape index (κ1) is 17.5. The third-order valence-electron chi connectivity index (χ3n) is 5.12. The fourth-order valence-corrected chi connectivity index (χ4v) is 3.56. The van der Waals surface area contributed by atoms with Crippen LogP contribution in [0.3, 0.4) is 0 Å². The summed E-state index contributed by atoms with van der Waals surface area (Å²) in [5, 5.41) is 9.69. The van der Waals surface area contributed by atoms with Crippen LogP contribution in [-0.4, -0.2) is 29.0 Å². The Morgan fingerprint density at radius 3 is 2.64 bits per heavy atom. The zero-order valence-electron chi connectivity index (χ0n) is 15.1. The average Bonchev–Trinajstić information content (AvgIpc) is 2.62. The first-order valence-electron chi connectivity index (χ1n) is 9.18. The number of nitrogens with zero attached hydrogens (tertiary/aromatic N) is 1. The molecule has 1 saturated heterocycles. The molecule has 2 aromatic rings. The maximum atomic E-state index is 12.7. The lowest BCUT2D eigenvalue weighted by molar-refractivity contribution is -0.131. The Kier molecular flexibility index (Phi) is 5.42. The molecule has 3 heteroatoms. The van der Waals surface area contributed by atoms with Crippen molar-refractivity contribution in [3.05, 3.63) is 65.2 Å². The highest BCUT2D eigenvalue weighted by Crippen LogP contribution is 2.29. The van der Waals surface area contributed by atoms with Gasteiger partial charge in [0, 0.05) is 19.0 Å². The van der Waals surface area contributed by atoms with Crippen molar-refractivity contribution in [2.24, 2.45) is 0 Å². The molecular formula is C22H27NO2. The van der Waals surface area contributed by atoms with Crippen LogP contribution in [0.15, 0.2) is 48.5 Å². The quantitative estimate of drug-likeness (QED) is 0.894. The minimum absolute atomic E-state index is 0.196. The molecule has 0 aromatic heterocycles. The summed E-state index contributed by atoms with van der Waals surface area (Å²) in [7, 11) is 0. The van der Waals surface area contributed by atoms with Crippen LogP contribution >= 0.6 is 0 Å². The summed E-state index contributed by atoms with van der Waals surface area (Å²) in [6.45, 7) is 5.93. The summed E-state index contributed by atoms with van der Waals surface area (Å²) < 4.78 is 0. The molecule has 3 nitrogen and oxygen atoms in total. The van der Waals surface area contributed by atoms with Gasteiger partial charge in [-0.2, -0.15) is 0 Å². The van der Waals surface area contributed by atoms with E-state index in [1.54, 1.807) is 6.07 Å². The Balaban J connectivity index is 1.63. The topological polar surface area (TPSA) is 40.5 Å². The van der Waals surface area contributed by atoms with Gasteiger partial charge in [-0.15, -0.1) is 0 Å². The Hall–Kier alpha value is -2.29. The van der Waals surface area contributed by atoms with Gasteiger partial charge >= 0.3 is 0 Å². The van der Waals surface area contributed by atoms with Gasteiger partial charge in [0.2, 0.25) is 5.91 Å². The first-order chi connectivity index (χ1) is 12.0. The van der Waals surface area contributed by atoms with E-state index in [0.29, 0.717) is 24.0 Å². The zero-order chi connectivity index (χ0) is 17.8. The van der Waals surface area contributed by atoms with E-state index < -0.39 is 0 Å². The van der Waals surface area contributed by atoms with Crippen molar-refractivity contribution in [3.63, 3.8) is 0 Å². The molecule has 132 valence electrons. The summed E-state index contributed by atoms with van der Waals surface area (Å²) in [5.41, 5.74) is 3.51. The van der Waals surface area contributed by atoms with Crippen LogP contribution in [0, 0.1) is 0 Å². The first-order valence-corrected chi connectivity index (χ1v) is 9.18. The number of amides is 1. The fourth-order valence-electron chi connectivity index (χ4n) is 3.56. The second-order valence-corrected chi connectivity index (χ2v) is 7.35. The number of aromatic hydroxyl groups is 1. The van der Waals surface area contributed by atoms with Crippen molar-refractivity contribution >= 4 is 5.91 Å². The number of hydrogen-bond donors (Lipinski definition) is 1. The molecule has 2 aromatic carbocycles. The largest absolute Gasteiger partial charge is 0.508 e. The minimum atomic E-state index is 0.196. The highest BCUT2D eigenvalue weighted by Gasteiger charge is 2.24. The summed E-state index contributed by atoms with van der Waals surface area (Å²) >= 11 is 0. The molecule has 1 aliphatic rings. The third-order valence-corrected chi connectivity index (χ3v) is 5.12. The normalized spacial score (nSPS) is 17.7. The lowest BCUT2D eigenvalue weighted by Gasteiger charge is -2.33. The minimum Gasteiger partial charge on any atom is -0.508 e. The Morgan fingerprint density at radius 1 is 1.20 bits per heavy atom. The molecule has 0 saturated carbocycles. The van der Waals surface area contributed by atoms with Crippen LogP contribution in [0.5, 0.6) is 5.75 Å². The molecular weight excluding hydrogens is 310 g/mol. The van der Waals surface area contributed by atoms with Crippen LogP contribution in [0.4, 0.5) is 0 Å². The Bertz CT molecular complexity index is 721. The average molecular weight is 337 g/mol. The van der Waals surface area contributed by atoms with Crippen LogP contribution in [0.1, 0.15) is 55.2 Å². The van der Waals surface area contributed by atoms with E-state index in [9.17, 15) is 9.90 Å². The molecule has 1 N–H and O–H groups in total. The number of rotatable bonds is 4. The van der Waals surface area contributed by atoms with E-state index >= 15 is 0 Å². The van der Waals surface area contributed by atoms with Crippen molar-refractivity contribution in [2.45, 2.75) is 44.9 Å². The lowest BCUT2D eigenvalue weighted by Crippen LogP contribution is -2.39. The Morgan fingerprint density at radius 2 is 1.96 bits per heavy atom. The number of piperidine rings is 1. The number of carbonyl (C=O) groups is 1. The SMILES string of the molecule is CC(C)c1ccc(CC(=O)N2CCCC(c3cccc(O)c3)C2)cc1. The summed E-state index contributed by atoms with van der Waals surface area (Å²) in [5.74, 6) is 1.32. The third kappa shape index (κ3) is 4.41. The van der Waals surface area contributed by atoms with Crippen molar-refractivity contribution in [2.75, 3.05) is 13.1 Å². The summed E-state index contributed by atoms with van der Waals surface area (Å²) in [6.07, 6.45) is 2.54. The summed E-state index contributed by atoms with van der Waals surface area (Å²) in [4.78, 5) is 14.7. The van der Waals surface area contributed by atoms with Crippen molar-refractivity contribution < 1.29 is 9.90 Å². The van der Waals surface area contributed by atoms with Gasteiger partial charge in [0.15, 0.2) is 0 Å². The van der Waals surface area contributed by atoms with Crippen molar-refractivity contribution in [3.8, 4) is 5.75 Å². The number of phenolic OH excluding ortho intramolecular Hbond substituents is 1. The zero-order valence-corrected chi connectivity index (χ0v) is 15.1. The van der Waals surface area contributed by atoms with Gasteiger partial charge in [0.25, 0.3) is 0 Å². The van der Waals surface area contributed by atoms with Gasteiger partial charge < -0.3 is 10.0 Å². The van der Waals surface area contributed by atoms with E-state index in [-0.39, 0.29) is 5.91 Å². The van der Waals surface area contributed by atoms with E-state index in [2.05, 4.69) is 38.1 Å². The van der Waals surface area contributed by atoms with E-state index in [1.165, 1.54) is 5.56 Å². The summed E-state index contributed by atoms with van der Waals surface area (Å²) in [6, 6.07) is 15.8. The molecule has 25 heavy (non-hydrogen) atoms. The van der Waals surface area contributed by atoms with Gasteiger partial charge in [0.05, 0.1) is 6.42 Å². The fraction of sp³-hybridized carbons (Fsp3) is 0.409. The number of phenols is 1. The maximum absolute atomic E-state index is 12.7. The lowest BCUT2D eigenvalue weighted by atomic mass is 9.90. The standard InChI is InChI=1S/C22H27NO2/c1-16(2)18-10-8-17(9-11-18)13-22(25)23-12-4-6-20(15-23)19-5-3-7-21(24)14-19/h3,5,7-11,14,16,20,24H,4,6,12-13,15H2,1-2H3. The smallest absolute Gasteiger partial charge is 0.227 e. The second-order valence-electron chi connectivity index (χ2n) is 7.35. The monoisotopic (exact) mass is 337 g/mol. The van der Waals surface area contributed by atoms with E-state index in [1.807, 2.05) is 23.1 Å². The van der Waals surface area contributed by atoms with Gasteiger partial charge in [0.1, 0.15) is 5.75 Å². The molecule has 1 fully saturated rings. The molecule has 1 aliphatic heterocycles. The van der Waals surface area contributed by atoms with Gasteiger partial charge in [-0.3, -0.25) is 4.79 Å². The predicted molar refractivity (Wildman–Crippen MR) is 101 cm³/mol. The van der Waals surface area contributed by atoms with Crippen LogP contribution in [-0.2, 0) is 11.2 Å². The van der Waals surface area contributed by atoms with Crippen molar-refractivity contribution in [1.29, 1.82) is 0 Å². The van der Waals surface area contributed by atoms with Crippen LogP contribution in [0.25, 0.3) is 0 Å². The number of hydrogen-bond acceptors (Lipinski definition) is 2. The molecule has 1 heterocycles. The molecule has 1 unspecified atom stereocenters.